The highest BCUT2D eigenvalue weighted by molar-refractivity contribution is 9.10. The highest BCUT2D eigenvalue weighted by Gasteiger charge is 2.22. The minimum absolute atomic E-state index is 0.0274. The lowest BCUT2D eigenvalue weighted by Gasteiger charge is -2.29. The number of likely N-dealkylation sites (tertiary alicyclic amines) is 1. The fourth-order valence-corrected chi connectivity index (χ4v) is 3.00. The van der Waals surface area contributed by atoms with Gasteiger partial charge in [-0.3, -0.25) is 4.79 Å². The van der Waals surface area contributed by atoms with Crippen molar-refractivity contribution in [2.45, 2.75) is 26.7 Å². The lowest BCUT2D eigenvalue weighted by atomic mass is 9.99. The Morgan fingerprint density at radius 3 is 2.58 bits per heavy atom. The van der Waals surface area contributed by atoms with E-state index in [9.17, 15) is 4.79 Å². The lowest BCUT2D eigenvalue weighted by molar-refractivity contribution is 0.0690. The number of benzene rings is 1. The fourth-order valence-electron chi connectivity index (χ4n) is 2.76. The lowest BCUT2D eigenvalue weighted by Crippen LogP contribution is -2.38. The SMILES string of the molecule is Cc1cc(Nc2ccc(C(=O)N3CCC(C)CC3)nn2)ccc1Br. The summed E-state index contributed by atoms with van der Waals surface area (Å²) >= 11 is 3.48. The highest BCUT2D eigenvalue weighted by Crippen LogP contribution is 2.22. The number of hydrogen-bond acceptors (Lipinski definition) is 4. The molecule has 1 saturated heterocycles. The fraction of sp³-hybridized carbons (Fsp3) is 0.389. The van der Waals surface area contributed by atoms with Crippen LogP contribution in [0.1, 0.15) is 35.8 Å². The van der Waals surface area contributed by atoms with Crippen LogP contribution in [0.15, 0.2) is 34.8 Å². The normalized spacial score (nSPS) is 15.4. The first-order valence-electron chi connectivity index (χ1n) is 8.19. The van der Waals surface area contributed by atoms with Crippen LogP contribution in [0.4, 0.5) is 11.5 Å². The number of anilines is 2. The Balaban J connectivity index is 1.66. The van der Waals surface area contributed by atoms with Crippen molar-refractivity contribution in [1.82, 2.24) is 15.1 Å². The van der Waals surface area contributed by atoms with Gasteiger partial charge in [-0.05, 0) is 61.6 Å². The number of nitrogens with zero attached hydrogens (tertiary/aromatic N) is 3. The molecule has 24 heavy (non-hydrogen) atoms. The van der Waals surface area contributed by atoms with Gasteiger partial charge in [0.25, 0.3) is 5.91 Å². The van der Waals surface area contributed by atoms with Gasteiger partial charge in [-0.1, -0.05) is 22.9 Å². The van der Waals surface area contributed by atoms with E-state index in [1.165, 1.54) is 0 Å². The van der Waals surface area contributed by atoms with Crippen molar-refractivity contribution in [1.29, 1.82) is 0 Å². The molecular weight excluding hydrogens is 368 g/mol. The van der Waals surface area contributed by atoms with E-state index < -0.39 is 0 Å². The number of amides is 1. The molecule has 6 heteroatoms. The van der Waals surface area contributed by atoms with Crippen LogP contribution in [-0.4, -0.2) is 34.1 Å². The molecule has 0 saturated carbocycles. The number of aryl methyl sites for hydroxylation is 1. The Bertz CT molecular complexity index is 724. The molecule has 1 amide bonds. The van der Waals surface area contributed by atoms with Gasteiger partial charge in [0.2, 0.25) is 0 Å². The number of rotatable bonds is 3. The van der Waals surface area contributed by atoms with Crippen LogP contribution in [-0.2, 0) is 0 Å². The number of hydrogen-bond donors (Lipinski definition) is 1. The van der Waals surface area contributed by atoms with Crippen molar-refractivity contribution in [3.05, 3.63) is 46.1 Å². The van der Waals surface area contributed by atoms with E-state index in [0.717, 1.165) is 41.7 Å². The minimum atomic E-state index is -0.0274. The third-order valence-corrected chi connectivity index (χ3v) is 5.27. The Morgan fingerprint density at radius 1 is 1.21 bits per heavy atom. The average molecular weight is 389 g/mol. The summed E-state index contributed by atoms with van der Waals surface area (Å²) in [4.78, 5) is 14.3. The van der Waals surface area contributed by atoms with Crippen molar-refractivity contribution in [3.8, 4) is 0 Å². The molecule has 0 atom stereocenters. The molecular formula is C18H21BrN4O. The standard InChI is InChI=1S/C18H21BrN4O/c1-12-7-9-23(10-8-12)18(24)16-5-6-17(22-21-16)20-14-3-4-15(19)13(2)11-14/h3-6,11-12H,7-10H2,1-2H3,(H,20,22). The number of aromatic nitrogens is 2. The number of nitrogens with one attached hydrogen (secondary N) is 1. The van der Waals surface area contributed by atoms with Gasteiger partial charge in [-0.15, -0.1) is 10.2 Å². The number of carbonyl (C=O) groups excluding carboxylic acids is 1. The predicted molar refractivity (Wildman–Crippen MR) is 98.5 cm³/mol. The van der Waals surface area contributed by atoms with E-state index in [1.807, 2.05) is 30.0 Å². The Kier molecular flexibility index (Phi) is 5.14. The van der Waals surface area contributed by atoms with Gasteiger partial charge < -0.3 is 10.2 Å². The molecule has 3 rings (SSSR count). The molecule has 1 aromatic carbocycles. The molecule has 0 bridgehead atoms. The Morgan fingerprint density at radius 2 is 1.96 bits per heavy atom. The van der Waals surface area contributed by atoms with E-state index >= 15 is 0 Å². The first kappa shape index (κ1) is 16.9. The number of piperidine rings is 1. The van der Waals surface area contributed by atoms with Gasteiger partial charge in [0.05, 0.1) is 0 Å². The first-order valence-corrected chi connectivity index (χ1v) is 8.98. The third-order valence-electron chi connectivity index (χ3n) is 4.38. The summed E-state index contributed by atoms with van der Waals surface area (Å²) in [6, 6.07) is 9.51. The topological polar surface area (TPSA) is 58.1 Å². The highest BCUT2D eigenvalue weighted by atomic mass is 79.9. The Hall–Kier alpha value is -1.95. The molecule has 1 fully saturated rings. The smallest absolute Gasteiger partial charge is 0.274 e. The summed E-state index contributed by atoms with van der Waals surface area (Å²) < 4.78 is 1.07. The number of halogens is 1. The molecule has 0 aliphatic carbocycles. The summed E-state index contributed by atoms with van der Waals surface area (Å²) in [5.74, 6) is 1.29. The monoisotopic (exact) mass is 388 g/mol. The van der Waals surface area contributed by atoms with Gasteiger partial charge >= 0.3 is 0 Å². The first-order chi connectivity index (χ1) is 11.5. The van der Waals surface area contributed by atoms with Gasteiger partial charge in [0.1, 0.15) is 0 Å². The van der Waals surface area contributed by atoms with Gasteiger partial charge in [0.15, 0.2) is 11.5 Å². The second kappa shape index (κ2) is 7.30. The molecule has 0 unspecified atom stereocenters. The van der Waals surface area contributed by atoms with Gasteiger partial charge in [0, 0.05) is 23.2 Å². The summed E-state index contributed by atoms with van der Waals surface area (Å²) in [5.41, 5.74) is 2.48. The average Bonchev–Trinajstić information content (AvgIpc) is 2.59. The zero-order valence-electron chi connectivity index (χ0n) is 13.9. The van der Waals surface area contributed by atoms with Crippen molar-refractivity contribution < 1.29 is 4.79 Å². The molecule has 2 aromatic rings. The molecule has 2 heterocycles. The zero-order valence-corrected chi connectivity index (χ0v) is 15.5. The van der Waals surface area contributed by atoms with Crippen LogP contribution in [0.5, 0.6) is 0 Å². The molecule has 1 aliphatic rings. The van der Waals surface area contributed by atoms with Crippen LogP contribution in [0.3, 0.4) is 0 Å². The van der Waals surface area contributed by atoms with E-state index in [0.29, 0.717) is 17.4 Å². The van der Waals surface area contributed by atoms with Crippen LogP contribution in [0.2, 0.25) is 0 Å². The van der Waals surface area contributed by atoms with Crippen molar-refractivity contribution >= 4 is 33.3 Å². The number of carbonyl (C=O) groups is 1. The summed E-state index contributed by atoms with van der Waals surface area (Å²) in [6.07, 6.45) is 2.11. The molecule has 1 N–H and O–H groups in total. The van der Waals surface area contributed by atoms with E-state index in [4.69, 9.17) is 0 Å². The van der Waals surface area contributed by atoms with Crippen LogP contribution in [0, 0.1) is 12.8 Å². The van der Waals surface area contributed by atoms with Gasteiger partial charge in [-0.25, -0.2) is 0 Å². The van der Waals surface area contributed by atoms with Crippen molar-refractivity contribution in [2.75, 3.05) is 18.4 Å². The second-order valence-electron chi connectivity index (χ2n) is 6.37. The maximum Gasteiger partial charge on any atom is 0.274 e. The quantitative estimate of drug-likeness (QED) is 0.857. The third kappa shape index (κ3) is 3.93. The zero-order chi connectivity index (χ0) is 17.1. The van der Waals surface area contributed by atoms with Crippen molar-refractivity contribution in [2.24, 2.45) is 5.92 Å². The maximum absolute atomic E-state index is 12.5. The minimum Gasteiger partial charge on any atom is -0.339 e. The van der Waals surface area contributed by atoms with E-state index in [2.05, 4.69) is 38.4 Å². The van der Waals surface area contributed by atoms with Crippen LogP contribution in [0.25, 0.3) is 0 Å². The van der Waals surface area contributed by atoms with E-state index in [1.54, 1.807) is 12.1 Å². The molecule has 126 valence electrons. The second-order valence-corrected chi connectivity index (χ2v) is 7.22. The molecule has 1 aromatic heterocycles. The maximum atomic E-state index is 12.5. The van der Waals surface area contributed by atoms with Crippen molar-refractivity contribution in [3.63, 3.8) is 0 Å². The molecule has 5 nitrogen and oxygen atoms in total. The molecule has 0 spiro atoms. The Labute approximate surface area is 150 Å². The molecule has 0 radical (unpaired) electrons. The van der Waals surface area contributed by atoms with E-state index in [-0.39, 0.29) is 5.91 Å². The summed E-state index contributed by atoms with van der Waals surface area (Å²) in [6.45, 7) is 5.87. The summed E-state index contributed by atoms with van der Waals surface area (Å²) in [7, 11) is 0. The largest absolute Gasteiger partial charge is 0.339 e. The summed E-state index contributed by atoms with van der Waals surface area (Å²) in [5, 5.41) is 11.4. The predicted octanol–water partition coefficient (Wildman–Crippen LogP) is 4.16. The van der Waals surface area contributed by atoms with Crippen LogP contribution >= 0.6 is 15.9 Å². The molecule has 1 aliphatic heterocycles. The van der Waals surface area contributed by atoms with Crippen LogP contribution < -0.4 is 5.32 Å². The van der Waals surface area contributed by atoms with Gasteiger partial charge in [-0.2, -0.15) is 0 Å².